The minimum absolute atomic E-state index is 0.00342. The van der Waals surface area contributed by atoms with Crippen LogP contribution >= 0.6 is 0 Å². The third kappa shape index (κ3) is 4.84. The molecule has 2 aromatic carbocycles. The van der Waals surface area contributed by atoms with E-state index in [1.54, 1.807) is 18.2 Å². The highest BCUT2D eigenvalue weighted by Gasteiger charge is 2.35. The summed E-state index contributed by atoms with van der Waals surface area (Å²) in [5.74, 6) is -0.612. The van der Waals surface area contributed by atoms with Crippen molar-refractivity contribution >= 4 is 11.4 Å². The van der Waals surface area contributed by atoms with Crippen molar-refractivity contribution in [2.45, 2.75) is 45.7 Å². The van der Waals surface area contributed by atoms with Gasteiger partial charge in [0.1, 0.15) is 0 Å². The van der Waals surface area contributed by atoms with Crippen molar-refractivity contribution in [2.75, 3.05) is 0 Å². The van der Waals surface area contributed by atoms with Crippen LogP contribution < -0.4 is 0 Å². The molecule has 0 heterocycles. The SMILES string of the molecule is CC.O=C(/C=C(/c1ccccc1)C(F)(F)F)c1ccc2c(c1)CCCC2. The highest BCUT2D eigenvalue weighted by atomic mass is 19.4. The van der Waals surface area contributed by atoms with Crippen molar-refractivity contribution in [3.63, 3.8) is 0 Å². The Hall–Kier alpha value is -2.36. The Labute approximate surface area is 152 Å². The van der Waals surface area contributed by atoms with Crippen molar-refractivity contribution in [3.05, 3.63) is 76.9 Å². The largest absolute Gasteiger partial charge is 0.417 e. The lowest BCUT2D eigenvalue weighted by Crippen LogP contribution is -2.13. The van der Waals surface area contributed by atoms with Gasteiger partial charge in [-0.15, -0.1) is 0 Å². The Morgan fingerprint density at radius 1 is 0.885 bits per heavy atom. The van der Waals surface area contributed by atoms with Gasteiger partial charge in [-0.25, -0.2) is 0 Å². The molecule has 0 N–H and O–H groups in total. The van der Waals surface area contributed by atoms with Crippen molar-refractivity contribution in [2.24, 2.45) is 0 Å². The van der Waals surface area contributed by atoms with Crippen LogP contribution in [-0.2, 0) is 12.8 Å². The van der Waals surface area contributed by atoms with E-state index in [4.69, 9.17) is 0 Å². The van der Waals surface area contributed by atoms with Gasteiger partial charge in [-0.2, -0.15) is 13.2 Å². The average molecular weight is 360 g/mol. The fraction of sp³-hybridized carbons (Fsp3) is 0.318. The predicted molar refractivity (Wildman–Crippen MR) is 99.2 cm³/mol. The van der Waals surface area contributed by atoms with Crippen molar-refractivity contribution in [1.29, 1.82) is 0 Å². The normalized spacial score (nSPS) is 14.1. The summed E-state index contributed by atoms with van der Waals surface area (Å²) in [6.45, 7) is 4.00. The van der Waals surface area contributed by atoms with E-state index in [-0.39, 0.29) is 5.56 Å². The van der Waals surface area contributed by atoms with E-state index in [1.807, 2.05) is 19.9 Å². The van der Waals surface area contributed by atoms with E-state index >= 15 is 0 Å². The van der Waals surface area contributed by atoms with Gasteiger partial charge in [0.25, 0.3) is 0 Å². The smallest absolute Gasteiger partial charge is 0.289 e. The van der Waals surface area contributed by atoms with Gasteiger partial charge in [-0.3, -0.25) is 4.79 Å². The maximum atomic E-state index is 13.3. The first-order valence-corrected chi connectivity index (χ1v) is 8.95. The standard InChI is InChI=1S/C20H17F3O.C2H6/c21-20(22,23)18(15-7-2-1-3-8-15)13-19(24)17-11-10-14-6-4-5-9-16(14)12-17;1-2/h1-3,7-8,10-13H,4-6,9H2;1-2H3/b18-13-;. The average Bonchev–Trinajstić information content (AvgIpc) is 2.67. The molecule has 0 aliphatic heterocycles. The quantitative estimate of drug-likeness (QED) is 0.456. The Morgan fingerprint density at radius 3 is 2.12 bits per heavy atom. The fourth-order valence-electron chi connectivity index (χ4n) is 3.05. The molecule has 0 bridgehead atoms. The van der Waals surface area contributed by atoms with Crippen LogP contribution in [0.15, 0.2) is 54.6 Å². The van der Waals surface area contributed by atoms with Gasteiger partial charge in [-0.1, -0.05) is 56.3 Å². The number of rotatable bonds is 3. The Morgan fingerprint density at radius 2 is 1.50 bits per heavy atom. The molecule has 138 valence electrons. The van der Waals surface area contributed by atoms with Crippen molar-refractivity contribution in [1.82, 2.24) is 0 Å². The molecule has 1 aliphatic rings. The third-order valence-electron chi connectivity index (χ3n) is 4.30. The summed E-state index contributed by atoms with van der Waals surface area (Å²) in [5.41, 5.74) is 1.67. The topological polar surface area (TPSA) is 17.1 Å². The lowest BCUT2D eigenvalue weighted by molar-refractivity contribution is -0.0689. The Kier molecular flexibility index (Phi) is 6.78. The van der Waals surface area contributed by atoms with Crippen LogP contribution in [0.2, 0.25) is 0 Å². The molecular formula is C22H23F3O. The predicted octanol–water partition coefficient (Wildman–Crippen LogP) is 6.42. The number of benzene rings is 2. The number of ketones is 1. The summed E-state index contributed by atoms with van der Waals surface area (Å²) in [7, 11) is 0. The minimum atomic E-state index is -4.58. The van der Waals surface area contributed by atoms with Crippen LogP contribution in [-0.4, -0.2) is 12.0 Å². The summed E-state index contributed by atoms with van der Waals surface area (Å²) in [4.78, 5) is 12.4. The second-order valence-electron chi connectivity index (χ2n) is 5.98. The highest BCUT2D eigenvalue weighted by Crippen LogP contribution is 2.34. The van der Waals surface area contributed by atoms with E-state index in [0.29, 0.717) is 11.6 Å². The van der Waals surface area contributed by atoms with Crippen molar-refractivity contribution in [3.8, 4) is 0 Å². The number of fused-ring (bicyclic) bond motifs is 1. The molecule has 1 nitrogen and oxygen atoms in total. The molecule has 4 heteroatoms. The molecule has 0 unspecified atom stereocenters. The number of hydrogen-bond donors (Lipinski definition) is 0. The number of carbonyl (C=O) groups is 1. The van der Waals surface area contributed by atoms with Crippen LogP contribution in [0.5, 0.6) is 0 Å². The van der Waals surface area contributed by atoms with Crippen LogP contribution in [0, 0.1) is 0 Å². The van der Waals surface area contributed by atoms with Gasteiger partial charge in [0.2, 0.25) is 0 Å². The maximum absolute atomic E-state index is 13.3. The number of hydrogen-bond acceptors (Lipinski definition) is 1. The lowest BCUT2D eigenvalue weighted by Gasteiger charge is -2.16. The molecule has 2 aromatic rings. The molecule has 0 spiro atoms. The molecule has 3 rings (SSSR count). The molecule has 1 aliphatic carbocycles. The zero-order valence-corrected chi connectivity index (χ0v) is 15.1. The molecule has 0 saturated heterocycles. The molecule has 26 heavy (non-hydrogen) atoms. The van der Waals surface area contributed by atoms with Gasteiger partial charge < -0.3 is 0 Å². The molecule has 0 atom stereocenters. The summed E-state index contributed by atoms with van der Waals surface area (Å²) >= 11 is 0. The van der Waals surface area contributed by atoms with E-state index in [0.717, 1.165) is 31.2 Å². The first kappa shape index (κ1) is 20.0. The first-order chi connectivity index (χ1) is 12.4. The minimum Gasteiger partial charge on any atom is -0.289 e. The van der Waals surface area contributed by atoms with E-state index in [9.17, 15) is 18.0 Å². The summed E-state index contributed by atoms with van der Waals surface area (Å²) in [5, 5.41) is 0. The Bertz CT molecular complexity index is 774. The van der Waals surface area contributed by atoms with Gasteiger partial charge >= 0.3 is 6.18 Å². The third-order valence-corrected chi connectivity index (χ3v) is 4.30. The van der Waals surface area contributed by atoms with Crippen LogP contribution in [0.1, 0.15) is 53.7 Å². The number of carbonyl (C=O) groups excluding carboxylic acids is 1. The maximum Gasteiger partial charge on any atom is 0.417 e. The molecule has 0 amide bonds. The van der Waals surface area contributed by atoms with Gasteiger partial charge in [0.15, 0.2) is 5.78 Å². The Balaban J connectivity index is 0.00000117. The van der Waals surface area contributed by atoms with Gasteiger partial charge in [0, 0.05) is 5.56 Å². The fourth-order valence-corrected chi connectivity index (χ4v) is 3.05. The van der Waals surface area contributed by atoms with Crippen LogP contribution in [0.4, 0.5) is 13.2 Å². The van der Waals surface area contributed by atoms with E-state index < -0.39 is 17.5 Å². The van der Waals surface area contributed by atoms with Crippen molar-refractivity contribution < 1.29 is 18.0 Å². The van der Waals surface area contributed by atoms with Gasteiger partial charge in [-0.05, 0) is 54.5 Å². The van der Waals surface area contributed by atoms with E-state index in [2.05, 4.69) is 0 Å². The lowest BCUT2D eigenvalue weighted by atomic mass is 9.89. The monoisotopic (exact) mass is 360 g/mol. The second-order valence-corrected chi connectivity index (χ2v) is 5.98. The van der Waals surface area contributed by atoms with Crippen LogP contribution in [0.25, 0.3) is 5.57 Å². The second kappa shape index (κ2) is 8.84. The summed E-state index contributed by atoms with van der Waals surface area (Å²) in [6.07, 6.45) is 0.151. The van der Waals surface area contributed by atoms with Crippen LogP contribution in [0.3, 0.4) is 0 Å². The summed E-state index contributed by atoms with van der Waals surface area (Å²) in [6, 6.07) is 12.7. The number of allylic oxidation sites excluding steroid dienone is 2. The summed E-state index contributed by atoms with van der Waals surface area (Å²) < 4.78 is 40.0. The first-order valence-electron chi connectivity index (χ1n) is 8.95. The van der Waals surface area contributed by atoms with E-state index in [1.165, 1.54) is 29.8 Å². The molecule has 0 aromatic heterocycles. The number of halogens is 3. The highest BCUT2D eigenvalue weighted by molar-refractivity contribution is 6.09. The molecular weight excluding hydrogens is 337 g/mol. The molecule has 0 fully saturated rings. The number of alkyl halides is 3. The zero-order chi connectivity index (χ0) is 19.2. The zero-order valence-electron chi connectivity index (χ0n) is 15.1. The van der Waals surface area contributed by atoms with Gasteiger partial charge in [0.05, 0.1) is 5.57 Å². The molecule has 0 radical (unpaired) electrons. The number of aryl methyl sites for hydroxylation is 2. The molecule has 0 saturated carbocycles.